The van der Waals surface area contributed by atoms with Crippen molar-refractivity contribution in [3.63, 3.8) is 0 Å². The average molecular weight is 447 g/mol. The number of aryl methyl sites for hydroxylation is 1. The normalized spacial score (nSPS) is 19.9. The summed E-state index contributed by atoms with van der Waals surface area (Å²) in [6.45, 7) is 6.74. The molecule has 0 fully saturated rings. The van der Waals surface area contributed by atoms with Crippen LogP contribution in [0.15, 0.2) is 47.0 Å². The Balaban J connectivity index is 1.62. The summed E-state index contributed by atoms with van der Waals surface area (Å²) >= 11 is 5.20. The number of thiophene rings is 1. The first-order chi connectivity index (χ1) is 12.8. The van der Waals surface area contributed by atoms with E-state index >= 15 is 0 Å². The van der Waals surface area contributed by atoms with E-state index in [9.17, 15) is 4.79 Å². The average Bonchev–Trinajstić information content (AvgIpc) is 3.22. The van der Waals surface area contributed by atoms with E-state index in [2.05, 4.69) is 67.0 Å². The maximum absolute atomic E-state index is 11.0. The molecule has 0 bridgehead atoms. The topological polar surface area (TPSA) is 37.3 Å². The molecule has 1 aromatic carbocycles. The van der Waals surface area contributed by atoms with E-state index in [0.29, 0.717) is 16.7 Å². The van der Waals surface area contributed by atoms with Crippen LogP contribution in [0.4, 0.5) is 0 Å². The van der Waals surface area contributed by atoms with Crippen LogP contribution in [0.3, 0.4) is 0 Å². The zero-order chi connectivity index (χ0) is 19.6. The van der Waals surface area contributed by atoms with Crippen LogP contribution in [0, 0.1) is 5.92 Å². The van der Waals surface area contributed by atoms with Crippen LogP contribution in [0.25, 0.3) is 0 Å². The lowest BCUT2D eigenvalue weighted by molar-refractivity contribution is 0.0702. The third kappa shape index (κ3) is 4.91. The predicted octanol–water partition coefficient (Wildman–Crippen LogP) is 7.15. The standard InChI is InChI=1S/C23H27BrO2S/c1-23(2,3)17-10-7-16(8-11-17)21-15(9-13-19(21)24)5-4-6-18-12-14-20(27-18)22(25)26/h7-8,10-15,21H,4-6,9H2,1-3H3,(H,25,26)/t15-,21?/m0/s1. The minimum atomic E-state index is -0.825. The molecule has 0 saturated heterocycles. The van der Waals surface area contributed by atoms with Crippen molar-refractivity contribution in [1.29, 1.82) is 0 Å². The number of carbonyl (C=O) groups is 1. The molecule has 3 rings (SSSR count). The SMILES string of the molecule is CC(C)(C)c1ccc(C2C(Br)=CC[C@@H]2CCCc2ccc(C(=O)O)s2)cc1. The summed E-state index contributed by atoms with van der Waals surface area (Å²) in [6, 6.07) is 12.8. The molecule has 2 atom stereocenters. The summed E-state index contributed by atoms with van der Waals surface area (Å²) in [5, 5.41) is 9.05. The first-order valence-corrected chi connectivity index (χ1v) is 11.1. The summed E-state index contributed by atoms with van der Waals surface area (Å²) in [6.07, 6.45) is 6.63. The molecule has 1 aromatic heterocycles. The van der Waals surface area contributed by atoms with E-state index in [1.54, 1.807) is 6.07 Å². The van der Waals surface area contributed by atoms with Crippen LogP contribution in [0.1, 0.15) is 71.6 Å². The van der Waals surface area contributed by atoms with Gasteiger partial charge in [0, 0.05) is 10.8 Å². The Kier molecular flexibility index (Phi) is 6.27. The van der Waals surface area contributed by atoms with Gasteiger partial charge in [-0.05, 0) is 64.8 Å². The van der Waals surface area contributed by atoms with Crippen LogP contribution in [0.5, 0.6) is 0 Å². The first kappa shape index (κ1) is 20.3. The molecular formula is C23H27BrO2S. The molecule has 1 N–H and O–H groups in total. The van der Waals surface area contributed by atoms with Gasteiger partial charge in [0.1, 0.15) is 4.88 Å². The zero-order valence-corrected chi connectivity index (χ0v) is 18.6. The molecule has 0 saturated carbocycles. The number of aromatic carboxylic acids is 1. The van der Waals surface area contributed by atoms with Crippen molar-refractivity contribution in [2.75, 3.05) is 0 Å². The minimum absolute atomic E-state index is 0.177. The molecule has 0 aliphatic heterocycles. The van der Waals surface area contributed by atoms with Crippen LogP contribution in [0.2, 0.25) is 0 Å². The summed E-state index contributed by atoms with van der Waals surface area (Å²) in [4.78, 5) is 12.6. The van der Waals surface area contributed by atoms with Crippen molar-refractivity contribution in [2.24, 2.45) is 5.92 Å². The van der Waals surface area contributed by atoms with Gasteiger partial charge in [0.2, 0.25) is 0 Å². The van der Waals surface area contributed by atoms with E-state index in [-0.39, 0.29) is 5.41 Å². The van der Waals surface area contributed by atoms with Crippen molar-refractivity contribution in [2.45, 2.75) is 57.8 Å². The van der Waals surface area contributed by atoms with Gasteiger partial charge in [-0.15, -0.1) is 11.3 Å². The number of carboxylic acid groups (broad SMARTS) is 1. The summed E-state index contributed by atoms with van der Waals surface area (Å²) in [7, 11) is 0. The number of halogens is 1. The highest BCUT2D eigenvalue weighted by Crippen LogP contribution is 2.45. The predicted molar refractivity (Wildman–Crippen MR) is 117 cm³/mol. The minimum Gasteiger partial charge on any atom is -0.477 e. The lowest BCUT2D eigenvalue weighted by atomic mass is 9.82. The van der Waals surface area contributed by atoms with Crippen molar-refractivity contribution in [1.82, 2.24) is 0 Å². The van der Waals surface area contributed by atoms with E-state index in [1.165, 1.54) is 31.8 Å². The van der Waals surface area contributed by atoms with Gasteiger partial charge in [-0.3, -0.25) is 0 Å². The largest absolute Gasteiger partial charge is 0.477 e. The smallest absolute Gasteiger partial charge is 0.345 e. The Labute approximate surface area is 174 Å². The molecule has 1 unspecified atom stereocenters. The third-order valence-electron chi connectivity index (χ3n) is 5.39. The van der Waals surface area contributed by atoms with Gasteiger partial charge < -0.3 is 5.11 Å². The van der Waals surface area contributed by atoms with Gasteiger partial charge in [0.25, 0.3) is 0 Å². The molecule has 0 spiro atoms. The van der Waals surface area contributed by atoms with Crippen molar-refractivity contribution in [3.8, 4) is 0 Å². The lowest BCUT2D eigenvalue weighted by Gasteiger charge is -2.24. The Morgan fingerprint density at radius 2 is 1.89 bits per heavy atom. The van der Waals surface area contributed by atoms with E-state index in [4.69, 9.17) is 5.11 Å². The van der Waals surface area contributed by atoms with Crippen LogP contribution < -0.4 is 0 Å². The molecule has 0 amide bonds. The maximum atomic E-state index is 11.0. The number of rotatable bonds is 6. The molecule has 2 aromatic rings. The Hall–Kier alpha value is -1.39. The molecular weight excluding hydrogens is 420 g/mol. The van der Waals surface area contributed by atoms with Crippen molar-refractivity contribution < 1.29 is 9.90 Å². The second-order valence-corrected chi connectivity index (χ2v) is 10.5. The second-order valence-electron chi connectivity index (χ2n) is 8.40. The second kappa shape index (κ2) is 8.32. The quantitative estimate of drug-likeness (QED) is 0.511. The fourth-order valence-corrected chi connectivity index (χ4v) is 5.54. The van der Waals surface area contributed by atoms with Gasteiger partial charge in [0.15, 0.2) is 0 Å². The summed E-state index contributed by atoms with van der Waals surface area (Å²) < 4.78 is 1.31. The monoisotopic (exact) mass is 446 g/mol. The fraction of sp³-hybridized carbons (Fsp3) is 0.435. The highest BCUT2D eigenvalue weighted by molar-refractivity contribution is 9.11. The van der Waals surface area contributed by atoms with Gasteiger partial charge in [-0.1, -0.05) is 67.0 Å². The fourth-order valence-electron chi connectivity index (χ4n) is 3.82. The number of hydrogen-bond acceptors (Lipinski definition) is 2. The highest BCUT2D eigenvalue weighted by Gasteiger charge is 2.29. The van der Waals surface area contributed by atoms with E-state index in [0.717, 1.165) is 25.7 Å². The van der Waals surface area contributed by atoms with Gasteiger partial charge in [0.05, 0.1) is 0 Å². The zero-order valence-electron chi connectivity index (χ0n) is 16.2. The van der Waals surface area contributed by atoms with E-state index < -0.39 is 5.97 Å². The van der Waals surface area contributed by atoms with Gasteiger partial charge >= 0.3 is 5.97 Å². The highest BCUT2D eigenvalue weighted by atomic mass is 79.9. The molecule has 0 radical (unpaired) electrons. The maximum Gasteiger partial charge on any atom is 0.345 e. The van der Waals surface area contributed by atoms with Crippen molar-refractivity contribution >= 4 is 33.2 Å². The first-order valence-electron chi connectivity index (χ1n) is 9.53. The molecule has 1 heterocycles. The molecule has 2 nitrogen and oxygen atoms in total. The lowest BCUT2D eigenvalue weighted by Crippen LogP contribution is -2.12. The summed E-state index contributed by atoms with van der Waals surface area (Å²) in [5.74, 6) is 0.227. The van der Waals surface area contributed by atoms with Crippen LogP contribution >= 0.6 is 27.3 Å². The number of allylic oxidation sites excluding steroid dienone is 2. The van der Waals surface area contributed by atoms with Crippen molar-refractivity contribution in [3.05, 3.63) is 67.8 Å². The molecule has 4 heteroatoms. The van der Waals surface area contributed by atoms with Gasteiger partial charge in [-0.2, -0.15) is 0 Å². The van der Waals surface area contributed by atoms with E-state index in [1.807, 2.05) is 6.07 Å². The molecule has 1 aliphatic rings. The third-order valence-corrected chi connectivity index (χ3v) is 7.34. The Morgan fingerprint density at radius 3 is 2.48 bits per heavy atom. The molecule has 27 heavy (non-hydrogen) atoms. The Morgan fingerprint density at radius 1 is 1.19 bits per heavy atom. The Bertz CT molecular complexity index is 827. The summed E-state index contributed by atoms with van der Waals surface area (Å²) in [5.41, 5.74) is 2.93. The molecule has 1 aliphatic carbocycles. The van der Waals surface area contributed by atoms with Crippen LogP contribution in [-0.2, 0) is 11.8 Å². The number of hydrogen-bond donors (Lipinski definition) is 1. The van der Waals surface area contributed by atoms with Gasteiger partial charge in [-0.25, -0.2) is 4.79 Å². The number of benzene rings is 1. The molecule has 144 valence electrons. The number of carboxylic acids is 1. The van der Waals surface area contributed by atoms with Crippen LogP contribution in [-0.4, -0.2) is 11.1 Å².